The zero-order chi connectivity index (χ0) is 11.3. The van der Waals surface area contributed by atoms with Gasteiger partial charge in [-0.05, 0) is 19.8 Å². The molecule has 1 aliphatic rings. The van der Waals surface area contributed by atoms with Crippen molar-refractivity contribution in [1.29, 1.82) is 0 Å². The summed E-state index contributed by atoms with van der Waals surface area (Å²) in [5.41, 5.74) is 0. The van der Waals surface area contributed by atoms with Gasteiger partial charge in [-0.1, -0.05) is 0 Å². The lowest BCUT2D eigenvalue weighted by Crippen LogP contribution is -2.37. The minimum absolute atomic E-state index is 0.0466. The first kappa shape index (κ1) is 12.8. The van der Waals surface area contributed by atoms with Crippen LogP contribution in [0.15, 0.2) is 0 Å². The molecule has 5 heteroatoms. The minimum atomic E-state index is -2.35. The van der Waals surface area contributed by atoms with Crippen LogP contribution in [0, 0.1) is 0 Å². The Hall–Kier alpha value is -0.260. The van der Waals surface area contributed by atoms with E-state index < -0.39 is 6.43 Å². The van der Waals surface area contributed by atoms with Crippen LogP contribution in [0.4, 0.5) is 8.78 Å². The third-order valence-corrected chi connectivity index (χ3v) is 2.59. The fourth-order valence-electron chi connectivity index (χ4n) is 1.90. The molecule has 1 heterocycles. The van der Waals surface area contributed by atoms with Gasteiger partial charge >= 0.3 is 0 Å². The van der Waals surface area contributed by atoms with Gasteiger partial charge in [-0.15, -0.1) is 0 Å². The molecule has 0 aromatic carbocycles. The summed E-state index contributed by atoms with van der Waals surface area (Å²) >= 11 is 0. The smallest absolute Gasteiger partial charge is 0.251 e. The van der Waals surface area contributed by atoms with Gasteiger partial charge in [-0.3, -0.25) is 4.90 Å². The van der Waals surface area contributed by atoms with Crippen LogP contribution in [0.25, 0.3) is 0 Å². The summed E-state index contributed by atoms with van der Waals surface area (Å²) < 4.78 is 29.9. The van der Waals surface area contributed by atoms with E-state index in [1.165, 1.54) is 0 Å². The highest BCUT2D eigenvalue weighted by Gasteiger charge is 2.24. The molecule has 0 aliphatic carbocycles. The van der Waals surface area contributed by atoms with Crippen LogP contribution in [0.5, 0.6) is 0 Å². The zero-order valence-corrected chi connectivity index (χ0v) is 9.03. The molecule has 1 saturated heterocycles. The first-order valence-corrected chi connectivity index (χ1v) is 5.38. The lowest BCUT2D eigenvalue weighted by Gasteiger charge is -2.24. The zero-order valence-electron chi connectivity index (χ0n) is 9.03. The maximum Gasteiger partial charge on any atom is 0.251 e. The van der Waals surface area contributed by atoms with E-state index in [9.17, 15) is 8.78 Å². The second kappa shape index (κ2) is 6.35. The van der Waals surface area contributed by atoms with Crippen molar-refractivity contribution < 1.29 is 18.6 Å². The molecule has 1 aliphatic heterocycles. The number of hydrogen-bond donors (Lipinski definition) is 1. The number of aliphatic hydroxyl groups is 1. The first-order valence-electron chi connectivity index (χ1n) is 5.38. The van der Waals surface area contributed by atoms with E-state index in [1.54, 1.807) is 4.90 Å². The predicted octanol–water partition coefficient (Wildman–Crippen LogP) is 1.11. The van der Waals surface area contributed by atoms with Crippen molar-refractivity contribution in [3.05, 3.63) is 0 Å². The van der Waals surface area contributed by atoms with Crippen LogP contribution in [0.3, 0.4) is 0 Å². The van der Waals surface area contributed by atoms with Gasteiger partial charge in [-0.2, -0.15) is 0 Å². The quantitative estimate of drug-likeness (QED) is 0.732. The molecule has 1 fully saturated rings. The molecule has 0 aromatic rings. The normalized spacial score (nSPS) is 26.8. The number of aliphatic hydroxyl groups excluding tert-OH is 1. The number of hydrogen-bond acceptors (Lipinski definition) is 3. The summed E-state index contributed by atoms with van der Waals surface area (Å²) in [5.74, 6) is 0. The predicted molar refractivity (Wildman–Crippen MR) is 53.1 cm³/mol. The maximum absolute atomic E-state index is 12.2. The third kappa shape index (κ3) is 4.86. The summed E-state index contributed by atoms with van der Waals surface area (Å²) in [6.07, 6.45) is -0.156. The van der Waals surface area contributed by atoms with Crippen molar-refractivity contribution in [3.63, 3.8) is 0 Å². The Morgan fingerprint density at radius 2 is 2.20 bits per heavy atom. The van der Waals surface area contributed by atoms with Gasteiger partial charge in [-0.25, -0.2) is 8.78 Å². The van der Waals surface area contributed by atoms with Gasteiger partial charge in [0.05, 0.1) is 25.4 Å². The molecule has 1 rings (SSSR count). The number of ether oxygens (including phenoxy) is 1. The molecule has 0 spiro atoms. The van der Waals surface area contributed by atoms with Crippen LogP contribution in [-0.4, -0.2) is 54.9 Å². The van der Waals surface area contributed by atoms with E-state index in [-0.39, 0.29) is 25.4 Å². The molecular weight excluding hydrogens is 204 g/mol. The summed E-state index contributed by atoms with van der Waals surface area (Å²) in [6, 6.07) is 0. The van der Waals surface area contributed by atoms with E-state index >= 15 is 0 Å². The average molecular weight is 223 g/mol. The molecule has 0 amide bonds. The van der Waals surface area contributed by atoms with Crippen LogP contribution in [-0.2, 0) is 4.74 Å². The number of halogens is 2. The number of rotatable bonds is 6. The summed E-state index contributed by atoms with van der Waals surface area (Å²) in [4.78, 5) is 1.56. The van der Waals surface area contributed by atoms with Crippen LogP contribution in [0.1, 0.15) is 19.8 Å². The van der Waals surface area contributed by atoms with E-state index in [0.717, 1.165) is 12.8 Å². The van der Waals surface area contributed by atoms with E-state index in [2.05, 4.69) is 0 Å². The van der Waals surface area contributed by atoms with Crippen LogP contribution < -0.4 is 0 Å². The summed E-state index contributed by atoms with van der Waals surface area (Å²) in [6.45, 7) is 2.40. The standard InChI is InChI=1S/C10H19F2NO2/c1-8-2-3-9(15-8)6-13(4-5-14)7-10(11)12/h8-10,14H,2-7H2,1H3. The average Bonchev–Trinajstić information content (AvgIpc) is 2.50. The van der Waals surface area contributed by atoms with Crippen molar-refractivity contribution in [1.82, 2.24) is 4.90 Å². The molecule has 2 unspecified atom stereocenters. The Labute approximate surface area is 89.0 Å². The van der Waals surface area contributed by atoms with Crippen LogP contribution in [0.2, 0.25) is 0 Å². The SMILES string of the molecule is CC1CCC(CN(CCO)CC(F)F)O1. The fraction of sp³-hybridized carbons (Fsp3) is 1.00. The molecule has 1 N–H and O–H groups in total. The molecule has 15 heavy (non-hydrogen) atoms. The molecular formula is C10H19F2NO2. The first-order chi connectivity index (χ1) is 7.11. The molecule has 3 nitrogen and oxygen atoms in total. The molecule has 2 atom stereocenters. The Balaban J connectivity index is 2.30. The van der Waals surface area contributed by atoms with Gasteiger partial charge in [0.25, 0.3) is 6.43 Å². The number of alkyl halides is 2. The highest BCUT2D eigenvalue weighted by atomic mass is 19.3. The largest absolute Gasteiger partial charge is 0.395 e. The maximum atomic E-state index is 12.2. The van der Waals surface area contributed by atoms with Crippen molar-refractivity contribution in [3.8, 4) is 0 Å². The molecule has 0 saturated carbocycles. The molecule has 90 valence electrons. The van der Waals surface area contributed by atoms with E-state index in [4.69, 9.17) is 9.84 Å². The Morgan fingerprint density at radius 3 is 2.67 bits per heavy atom. The highest BCUT2D eigenvalue weighted by Crippen LogP contribution is 2.20. The minimum Gasteiger partial charge on any atom is -0.395 e. The molecule has 0 aromatic heterocycles. The van der Waals surface area contributed by atoms with Gasteiger partial charge in [0.2, 0.25) is 0 Å². The van der Waals surface area contributed by atoms with Crippen LogP contribution >= 0.6 is 0 Å². The number of nitrogens with zero attached hydrogens (tertiary/aromatic N) is 1. The topological polar surface area (TPSA) is 32.7 Å². The molecule has 0 bridgehead atoms. The monoisotopic (exact) mass is 223 g/mol. The van der Waals surface area contributed by atoms with Gasteiger partial charge in [0.15, 0.2) is 0 Å². The van der Waals surface area contributed by atoms with E-state index in [0.29, 0.717) is 13.1 Å². The van der Waals surface area contributed by atoms with Gasteiger partial charge in [0.1, 0.15) is 0 Å². The third-order valence-electron chi connectivity index (χ3n) is 2.59. The second-order valence-electron chi connectivity index (χ2n) is 4.02. The molecule has 0 radical (unpaired) electrons. The lowest BCUT2D eigenvalue weighted by atomic mass is 10.2. The Bertz CT molecular complexity index is 181. The lowest BCUT2D eigenvalue weighted by molar-refractivity contribution is 0.0104. The fourth-order valence-corrected chi connectivity index (χ4v) is 1.90. The van der Waals surface area contributed by atoms with E-state index in [1.807, 2.05) is 6.92 Å². The summed E-state index contributed by atoms with van der Waals surface area (Å²) in [7, 11) is 0. The Kier molecular flexibility index (Phi) is 5.42. The Morgan fingerprint density at radius 1 is 1.47 bits per heavy atom. The highest BCUT2D eigenvalue weighted by molar-refractivity contribution is 4.74. The van der Waals surface area contributed by atoms with Crippen molar-refractivity contribution in [2.45, 2.75) is 38.4 Å². The second-order valence-corrected chi connectivity index (χ2v) is 4.02. The van der Waals surface area contributed by atoms with Gasteiger partial charge < -0.3 is 9.84 Å². The van der Waals surface area contributed by atoms with Crippen molar-refractivity contribution in [2.75, 3.05) is 26.2 Å². The van der Waals surface area contributed by atoms with Gasteiger partial charge in [0, 0.05) is 13.1 Å². The summed E-state index contributed by atoms with van der Waals surface area (Å²) in [5, 5.41) is 8.75. The van der Waals surface area contributed by atoms with Crippen molar-refractivity contribution >= 4 is 0 Å². The van der Waals surface area contributed by atoms with Crippen molar-refractivity contribution in [2.24, 2.45) is 0 Å².